The highest BCUT2D eigenvalue weighted by molar-refractivity contribution is 5.83. The van der Waals surface area contributed by atoms with Crippen LogP contribution in [0.1, 0.15) is 19.8 Å². The Bertz CT molecular complexity index is 307. The van der Waals surface area contributed by atoms with Crippen LogP contribution in [0.3, 0.4) is 0 Å². The molecule has 0 radical (unpaired) electrons. The summed E-state index contributed by atoms with van der Waals surface area (Å²) in [5.74, 6) is -1.05. The van der Waals surface area contributed by atoms with Gasteiger partial charge in [-0.15, -0.1) is 0 Å². The number of nitrogens with zero attached hydrogens (tertiary/aromatic N) is 2. The van der Waals surface area contributed by atoms with Gasteiger partial charge in [0.2, 0.25) is 5.91 Å². The second-order valence-electron chi connectivity index (χ2n) is 3.99. The molecule has 0 spiro atoms. The van der Waals surface area contributed by atoms with E-state index >= 15 is 0 Å². The topological polar surface area (TPSA) is 90.0 Å². The van der Waals surface area contributed by atoms with E-state index in [9.17, 15) is 14.4 Å². The molecule has 7 heteroatoms. The fraction of sp³-hybridized carbons (Fsp3) is 0.727. The van der Waals surface area contributed by atoms with Crippen LogP contribution >= 0.6 is 0 Å². The van der Waals surface area contributed by atoms with E-state index in [4.69, 9.17) is 5.11 Å². The molecule has 2 N–H and O–H groups in total. The first kappa shape index (κ1) is 16.2. The van der Waals surface area contributed by atoms with Crippen LogP contribution in [-0.2, 0) is 9.59 Å². The van der Waals surface area contributed by atoms with Crippen LogP contribution < -0.4 is 5.32 Å². The predicted molar refractivity (Wildman–Crippen MR) is 66.2 cm³/mol. The van der Waals surface area contributed by atoms with Crippen LogP contribution in [0.15, 0.2) is 0 Å². The molecule has 0 heterocycles. The molecule has 7 nitrogen and oxygen atoms in total. The second kappa shape index (κ2) is 8.32. The van der Waals surface area contributed by atoms with Crippen molar-refractivity contribution in [2.24, 2.45) is 0 Å². The number of hydrogen-bond acceptors (Lipinski definition) is 3. The number of carboxylic acid groups (broad SMARTS) is 1. The summed E-state index contributed by atoms with van der Waals surface area (Å²) in [5, 5.41) is 10.9. The summed E-state index contributed by atoms with van der Waals surface area (Å²) in [6, 6.07) is -0.377. The van der Waals surface area contributed by atoms with E-state index in [0.717, 1.165) is 0 Å². The molecule has 0 saturated carbocycles. The number of carboxylic acids is 1. The van der Waals surface area contributed by atoms with Gasteiger partial charge in [-0.1, -0.05) is 0 Å². The van der Waals surface area contributed by atoms with Gasteiger partial charge in [0.15, 0.2) is 0 Å². The number of likely N-dealkylation sites (N-methyl/N-ethyl adjacent to an activating group) is 1. The van der Waals surface area contributed by atoms with Gasteiger partial charge in [0.25, 0.3) is 0 Å². The SMILES string of the molecule is CCN(C)C(=O)CNC(=O)N(C)CCCC(=O)O. The van der Waals surface area contributed by atoms with Gasteiger partial charge < -0.3 is 20.2 Å². The van der Waals surface area contributed by atoms with Gasteiger partial charge in [-0.05, 0) is 13.3 Å². The van der Waals surface area contributed by atoms with Crippen molar-refractivity contribution in [1.82, 2.24) is 15.1 Å². The molecule has 0 bridgehead atoms. The zero-order valence-electron chi connectivity index (χ0n) is 11.1. The van der Waals surface area contributed by atoms with Gasteiger partial charge in [0.05, 0.1) is 6.54 Å². The molecule has 0 saturated heterocycles. The number of hydrogen-bond donors (Lipinski definition) is 2. The van der Waals surface area contributed by atoms with E-state index in [2.05, 4.69) is 5.32 Å². The molecule has 18 heavy (non-hydrogen) atoms. The van der Waals surface area contributed by atoms with Crippen molar-refractivity contribution < 1.29 is 19.5 Å². The lowest BCUT2D eigenvalue weighted by atomic mass is 10.3. The highest BCUT2D eigenvalue weighted by Gasteiger charge is 2.12. The van der Waals surface area contributed by atoms with Crippen molar-refractivity contribution in [2.75, 3.05) is 33.7 Å². The third kappa shape index (κ3) is 6.72. The zero-order chi connectivity index (χ0) is 14.1. The summed E-state index contributed by atoms with van der Waals surface area (Å²) in [4.78, 5) is 36.1. The minimum Gasteiger partial charge on any atom is -0.481 e. The molecular weight excluding hydrogens is 238 g/mol. The van der Waals surface area contributed by atoms with Gasteiger partial charge >= 0.3 is 12.0 Å². The smallest absolute Gasteiger partial charge is 0.317 e. The maximum Gasteiger partial charge on any atom is 0.317 e. The highest BCUT2D eigenvalue weighted by atomic mass is 16.4. The number of aliphatic carboxylic acids is 1. The Morgan fingerprint density at radius 2 is 1.78 bits per heavy atom. The molecule has 104 valence electrons. The Kier molecular flexibility index (Phi) is 7.50. The minimum absolute atomic E-state index is 0.0229. The summed E-state index contributed by atoms with van der Waals surface area (Å²) in [6.45, 7) is 2.73. The summed E-state index contributed by atoms with van der Waals surface area (Å²) in [7, 11) is 3.22. The van der Waals surface area contributed by atoms with Gasteiger partial charge in [-0.3, -0.25) is 9.59 Å². The number of rotatable bonds is 7. The van der Waals surface area contributed by atoms with Crippen molar-refractivity contribution in [1.29, 1.82) is 0 Å². The van der Waals surface area contributed by atoms with Crippen LogP contribution in [0.2, 0.25) is 0 Å². The molecule has 0 aliphatic rings. The molecule has 0 aromatic rings. The monoisotopic (exact) mass is 259 g/mol. The van der Waals surface area contributed by atoms with E-state index in [1.807, 2.05) is 6.92 Å². The van der Waals surface area contributed by atoms with Crippen LogP contribution in [0.25, 0.3) is 0 Å². The first-order valence-electron chi connectivity index (χ1n) is 5.83. The van der Waals surface area contributed by atoms with Crippen molar-refractivity contribution in [2.45, 2.75) is 19.8 Å². The molecule has 0 aliphatic carbocycles. The minimum atomic E-state index is -0.886. The Morgan fingerprint density at radius 3 is 2.28 bits per heavy atom. The Labute approximate surface area is 107 Å². The third-order valence-corrected chi connectivity index (χ3v) is 2.52. The fourth-order valence-electron chi connectivity index (χ4n) is 1.17. The van der Waals surface area contributed by atoms with Crippen LogP contribution in [0.5, 0.6) is 0 Å². The maximum absolute atomic E-state index is 11.5. The number of urea groups is 1. The summed E-state index contributed by atoms with van der Waals surface area (Å²) < 4.78 is 0. The number of amides is 3. The molecule has 3 amide bonds. The van der Waals surface area contributed by atoms with Crippen molar-refractivity contribution in [3.63, 3.8) is 0 Å². The lowest BCUT2D eigenvalue weighted by Crippen LogP contribution is -2.43. The van der Waals surface area contributed by atoms with Crippen molar-refractivity contribution in [3.8, 4) is 0 Å². The number of carbonyl (C=O) groups excluding carboxylic acids is 2. The fourth-order valence-corrected chi connectivity index (χ4v) is 1.17. The lowest BCUT2D eigenvalue weighted by molar-refractivity contribution is -0.137. The third-order valence-electron chi connectivity index (χ3n) is 2.52. The molecule has 0 rings (SSSR count). The highest BCUT2D eigenvalue weighted by Crippen LogP contribution is 1.93. The maximum atomic E-state index is 11.5. The summed E-state index contributed by atoms with van der Waals surface area (Å²) in [6.07, 6.45) is 0.414. The van der Waals surface area contributed by atoms with Gasteiger partial charge in [0.1, 0.15) is 0 Å². The van der Waals surface area contributed by atoms with E-state index in [-0.39, 0.29) is 24.9 Å². The lowest BCUT2D eigenvalue weighted by Gasteiger charge is -2.19. The van der Waals surface area contributed by atoms with E-state index < -0.39 is 5.97 Å². The van der Waals surface area contributed by atoms with Crippen molar-refractivity contribution in [3.05, 3.63) is 0 Å². The first-order chi connectivity index (χ1) is 8.38. The molecule has 0 atom stereocenters. The average molecular weight is 259 g/mol. The molecular formula is C11H21N3O4. The second-order valence-corrected chi connectivity index (χ2v) is 3.99. The molecule has 0 aliphatic heterocycles. The van der Waals surface area contributed by atoms with Crippen LogP contribution in [-0.4, -0.2) is 66.5 Å². The zero-order valence-corrected chi connectivity index (χ0v) is 11.1. The summed E-state index contributed by atoms with van der Waals surface area (Å²) >= 11 is 0. The van der Waals surface area contributed by atoms with E-state index in [1.54, 1.807) is 14.1 Å². The standard InChI is InChI=1S/C11H21N3O4/c1-4-13(2)9(15)8-12-11(18)14(3)7-5-6-10(16)17/h4-8H2,1-3H3,(H,12,18)(H,16,17). The van der Waals surface area contributed by atoms with Crippen LogP contribution in [0, 0.1) is 0 Å². The molecule has 0 fully saturated rings. The average Bonchev–Trinajstić information content (AvgIpc) is 2.33. The molecule has 0 unspecified atom stereocenters. The van der Waals surface area contributed by atoms with Gasteiger partial charge in [0, 0.05) is 33.6 Å². The largest absolute Gasteiger partial charge is 0.481 e. The normalized spacial score (nSPS) is 9.72. The van der Waals surface area contributed by atoms with Crippen molar-refractivity contribution >= 4 is 17.9 Å². The number of carbonyl (C=O) groups is 3. The van der Waals surface area contributed by atoms with Gasteiger partial charge in [-0.25, -0.2) is 4.79 Å². The van der Waals surface area contributed by atoms with Crippen LogP contribution in [0.4, 0.5) is 4.79 Å². The van der Waals surface area contributed by atoms with E-state index in [0.29, 0.717) is 19.5 Å². The van der Waals surface area contributed by atoms with Gasteiger partial charge in [-0.2, -0.15) is 0 Å². The Hall–Kier alpha value is -1.79. The number of nitrogens with one attached hydrogen (secondary N) is 1. The first-order valence-corrected chi connectivity index (χ1v) is 5.83. The molecule has 0 aromatic carbocycles. The predicted octanol–water partition coefficient (Wildman–Crippen LogP) is -0.0291. The quantitative estimate of drug-likeness (QED) is 0.672. The Balaban J connectivity index is 3.87. The Morgan fingerprint density at radius 1 is 1.17 bits per heavy atom. The summed E-state index contributed by atoms with van der Waals surface area (Å²) in [5.41, 5.74) is 0. The van der Waals surface area contributed by atoms with E-state index in [1.165, 1.54) is 9.80 Å². The molecule has 0 aromatic heterocycles.